The van der Waals surface area contributed by atoms with Gasteiger partial charge in [0.05, 0.1) is 17.6 Å². The predicted octanol–water partition coefficient (Wildman–Crippen LogP) is 2.55. The highest BCUT2D eigenvalue weighted by atomic mass is 16.6. The molecule has 0 aliphatic carbocycles. The van der Waals surface area contributed by atoms with E-state index in [9.17, 15) is 10.1 Å². The summed E-state index contributed by atoms with van der Waals surface area (Å²) >= 11 is 0. The molecule has 2 rings (SSSR count). The first kappa shape index (κ1) is 14.6. The van der Waals surface area contributed by atoms with Gasteiger partial charge in [-0.15, -0.1) is 0 Å². The van der Waals surface area contributed by atoms with Gasteiger partial charge in [-0.3, -0.25) is 10.1 Å². The molecule has 1 unspecified atom stereocenters. The fraction of sp³-hybridized carbons (Fsp3) is 0.571. The Kier molecular flexibility index (Phi) is 5.17. The van der Waals surface area contributed by atoms with Gasteiger partial charge < -0.3 is 15.4 Å². The van der Waals surface area contributed by atoms with E-state index in [-0.39, 0.29) is 10.6 Å². The zero-order chi connectivity index (χ0) is 14.4. The summed E-state index contributed by atoms with van der Waals surface area (Å²) in [4.78, 5) is 10.7. The summed E-state index contributed by atoms with van der Waals surface area (Å²) < 4.78 is 5.30. The Balaban J connectivity index is 2.03. The molecule has 1 atom stereocenters. The number of nitrogens with one attached hydrogen (secondary N) is 2. The summed E-state index contributed by atoms with van der Waals surface area (Å²) in [6, 6.07) is 5.33. The Hall–Kier alpha value is -1.82. The van der Waals surface area contributed by atoms with Crippen LogP contribution in [0, 0.1) is 10.1 Å². The van der Waals surface area contributed by atoms with Crippen LogP contribution in [-0.2, 0) is 0 Å². The third-order valence-corrected chi connectivity index (χ3v) is 3.43. The Bertz CT molecular complexity index is 459. The van der Waals surface area contributed by atoms with Gasteiger partial charge in [-0.25, -0.2) is 0 Å². The lowest BCUT2D eigenvalue weighted by Gasteiger charge is -2.24. The minimum Gasteiger partial charge on any atom is -0.494 e. The van der Waals surface area contributed by atoms with Gasteiger partial charge in [-0.05, 0) is 38.4 Å². The largest absolute Gasteiger partial charge is 0.494 e. The van der Waals surface area contributed by atoms with Gasteiger partial charge in [0.1, 0.15) is 11.4 Å². The highest BCUT2D eigenvalue weighted by Crippen LogP contribution is 2.29. The molecule has 1 aliphatic heterocycles. The Labute approximate surface area is 118 Å². The number of rotatable bonds is 6. The molecule has 0 spiro atoms. The minimum absolute atomic E-state index is 0.0618. The Morgan fingerprint density at radius 2 is 2.35 bits per heavy atom. The quantitative estimate of drug-likeness (QED) is 0.618. The van der Waals surface area contributed by atoms with Gasteiger partial charge in [-0.2, -0.15) is 0 Å². The number of nitro benzene ring substituents is 1. The van der Waals surface area contributed by atoms with Crippen molar-refractivity contribution >= 4 is 11.4 Å². The molecule has 1 heterocycles. The summed E-state index contributed by atoms with van der Waals surface area (Å²) in [5, 5.41) is 17.7. The van der Waals surface area contributed by atoms with E-state index in [4.69, 9.17) is 4.74 Å². The molecule has 0 amide bonds. The second-order valence-corrected chi connectivity index (χ2v) is 4.90. The van der Waals surface area contributed by atoms with Crippen molar-refractivity contribution in [3.63, 3.8) is 0 Å². The highest BCUT2D eigenvalue weighted by Gasteiger charge is 2.17. The minimum atomic E-state index is -0.376. The zero-order valence-corrected chi connectivity index (χ0v) is 11.7. The lowest BCUT2D eigenvalue weighted by Crippen LogP contribution is -2.39. The number of hydrogen-bond acceptors (Lipinski definition) is 5. The van der Waals surface area contributed by atoms with E-state index in [1.807, 2.05) is 6.92 Å². The number of nitrogens with zero attached hydrogens (tertiary/aromatic N) is 1. The van der Waals surface area contributed by atoms with Gasteiger partial charge in [-0.1, -0.05) is 6.42 Å². The van der Waals surface area contributed by atoms with Crippen molar-refractivity contribution in [3.8, 4) is 5.75 Å². The molecule has 2 N–H and O–H groups in total. The lowest BCUT2D eigenvalue weighted by atomic mass is 10.1. The second kappa shape index (κ2) is 7.09. The summed E-state index contributed by atoms with van der Waals surface area (Å²) in [5.74, 6) is 0.528. The molecule has 1 fully saturated rings. The zero-order valence-electron chi connectivity index (χ0n) is 11.7. The van der Waals surface area contributed by atoms with E-state index >= 15 is 0 Å². The maximum Gasteiger partial charge on any atom is 0.296 e. The van der Waals surface area contributed by atoms with Gasteiger partial charge in [0.25, 0.3) is 5.69 Å². The van der Waals surface area contributed by atoms with Gasteiger partial charge in [0.2, 0.25) is 0 Å². The number of nitro groups is 1. The van der Waals surface area contributed by atoms with Crippen LogP contribution in [0.1, 0.15) is 26.2 Å². The van der Waals surface area contributed by atoms with Crippen molar-refractivity contribution in [1.29, 1.82) is 0 Å². The Morgan fingerprint density at radius 1 is 1.50 bits per heavy atom. The first-order valence-electron chi connectivity index (χ1n) is 7.09. The lowest BCUT2D eigenvalue weighted by molar-refractivity contribution is -0.384. The van der Waals surface area contributed by atoms with Crippen LogP contribution >= 0.6 is 0 Å². The average molecular weight is 279 g/mol. The number of benzene rings is 1. The third-order valence-electron chi connectivity index (χ3n) is 3.43. The molecule has 1 saturated heterocycles. The summed E-state index contributed by atoms with van der Waals surface area (Å²) in [7, 11) is 0. The number of ether oxygens (including phenoxy) is 1. The molecule has 20 heavy (non-hydrogen) atoms. The molecule has 0 bridgehead atoms. The molecule has 6 nitrogen and oxygen atoms in total. The smallest absolute Gasteiger partial charge is 0.296 e. The maximum absolute atomic E-state index is 11.1. The van der Waals surface area contributed by atoms with Crippen molar-refractivity contribution in [1.82, 2.24) is 5.32 Å². The molecule has 110 valence electrons. The van der Waals surface area contributed by atoms with Crippen LogP contribution in [0.4, 0.5) is 11.4 Å². The molecule has 0 aromatic heterocycles. The molecule has 0 saturated carbocycles. The first-order chi connectivity index (χ1) is 9.70. The van der Waals surface area contributed by atoms with Crippen LogP contribution in [-0.4, -0.2) is 30.7 Å². The van der Waals surface area contributed by atoms with Crippen LogP contribution in [0.2, 0.25) is 0 Å². The third kappa shape index (κ3) is 3.84. The molecular formula is C14H21N3O3. The monoisotopic (exact) mass is 279 g/mol. The van der Waals surface area contributed by atoms with E-state index in [1.165, 1.54) is 18.9 Å². The van der Waals surface area contributed by atoms with Crippen molar-refractivity contribution in [2.24, 2.45) is 0 Å². The first-order valence-corrected chi connectivity index (χ1v) is 7.09. The molecule has 0 radical (unpaired) electrons. The fourth-order valence-electron chi connectivity index (χ4n) is 2.40. The molecule has 1 aliphatic rings. The fourth-order valence-corrected chi connectivity index (χ4v) is 2.40. The van der Waals surface area contributed by atoms with E-state index in [2.05, 4.69) is 10.6 Å². The van der Waals surface area contributed by atoms with Gasteiger partial charge in [0.15, 0.2) is 0 Å². The van der Waals surface area contributed by atoms with Crippen molar-refractivity contribution in [3.05, 3.63) is 28.3 Å². The van der Waals surface area contributed by atoms with E-state index in [0.717, 1.165) is 13.0 Å². The molecule has 6 heteroatoms. The normalized spacial score (nSPS) is 18.6. The SMILES string of the molecule is CCOc1ccc(NCC2CCCCN2)c([N+](=O)[O-])c1. The second-order valence-electron chi connectivity index (χ2n) is 4.90. The van der Waals surface area contributed by atoms with Crippen molar-refractivity contribution in [2.75, 3.05) is 25.0 Å². The standard InChI is InChI=1S/C14H21N3O3/c1-2-20-12-6-7-13(14(9-12)17(18)19)16-10-11-5-3-4-8-15-11/h6-7,9,11,15-16H,2-5,8,10H2,1H3. The summed E-state index contributed by atoms with van der Waals surface area (Å²) in [5.41, 5.74) is 0.609. The molecule has 1 aromatic rings. The predicted molar refractivity (Wildman–Crippen MR) is 78.4 cm³/mol. The van der Waals surface area contributed by atoms with Crippen LogP contribution in [0.15, 0.2) is 18.2 Å². The van der Waals surface area contributed by atoms with Crippen LogP contribution < -0.4 is 15.4 Å². The number of hydrogen-bond donors (Lipinski definition) is 2. The number of anilines is 1. The summed E-state index contributed by atoms with van der Waals surface area (Å²) in [6.07, 6.45) is 3.53. The van der Waals surface area contributed by atoms with Gasteiger partial charge in [0, 0.05) is 12.6 Å². The Morgan fingerprint density at radius 3 is 3.00 bits per heavy atom. The van der Waals surface area contributed by atoms with E-state index < -0.39 is 0 Å². The van der Waals surface area contributed by atoms with Gasteiger partial charge >= 0.3 is 0 Å². The van der Waals surface area contributed by atoms with Crippen molar-refractivity contribution in [2.45, 2.75) is 32.2 Å². The molecule has 1 aromatic carbocycles. The van der Waals surface area contributed by atoms with Crippen LogP contribution in [0.25, 0.3) is 0 Å². The van der Waals surface area contributed by atoms with Crippen molar-refractivity contribution < 1.29 is 9.66 Å². The molecular weight excluding hydrogens is 258 g/mol. The van der Waals surface area contributed by atoms with Crippen LogP contribution in [0.5, 0.6) is 5.75 Å². The highest BCUT2D eigenvalue weighted by molar-refractivity contribution is 5.63. The summed E-state index contributed by atoms with van der Waals surface area (Å²) in [6.45, 7) is 4.08. The maximum atomic E-state index is 11.1. The topological polar surface area (TPSA) is 76.4 Å². The van der Waals surface area contributed by atoms with E-state index in [0.29, 0.717) is 30.6 Å². The van der Waals surface area contributed by atoms with Crippen LogP contribution in [0.3, 0.4) is 0 Å². The van der Waals surface area contributed by atoms with E-state index in [1.54, 1.807) is 12.1 Å². The average Bonchev–Trinajstić information content (AvgIpc) is 2.47. The number of piperidine rings is 1.